The third-order valence-electron chi connectivity index (χ3n) is 3.60. The first-order valence-electron chi connectivity index (χ1n) is 7.25. The van der Waals surface area contributed by atoms with Gasteiger partial charge < -0.3 is 5.32 Å². The van der Waals surface area contributed by atoms with Crippen LogP contribution in [0, 0.1) is 20.8 Å². The van der Waals surface area contributed by atoms with Crippen LogP contribution in [0.5, 0.6) is 0 Å². The third kappa shape index (κ3) is 4.07. The van der Waals surface area contributed by atoms with Crippen molar-refractivity contribution < 1.29 is 4.79 Å². The minimum atomic E-state index is 0.0158. The first-order chi connectivity index (χ1) is 10.5. The highest BCUT2D eigenvalue weighted by atomic mass is 32.2. The molecule has 0 aliphatic rings. The largest absolute Gasteiger partial charge is 0.326 e. The van der Waals surface area contributed by atoms with E-state index >= 15 is 0 Å². The third-order valence-corrected chi connectivity index (χ3v) is 4.15. The quantitative estimate of drug-likeness (QED) is 0.675. The minimum Gasteiger partial charge on any atom is -0.326 e. The topological polar surface area (TPSA) is 54.9 Å². The van der Waals surface area contributed by atoms with Crippen molar-refractivity contribution in [3.63, 3.8) is 0 Å². The van der Waals surface area contributed by atoms with Gasteiger partial charge in [-0.05, 0) is 50.6 Å². The Morgan fingerprint density at radius 2 is 1.77 bits per heavy atom. The summed E-state index contributed by atoms with van der Waals surface area (Å²) in [5.74, 6) is 0.0158. The van der Waals surface area contributed by atoms with Crippen LogP contribution in [-0.2, 0) is 11.2 Å². The smallest absolute Gasteiger partial charge is 0.224 e. The fourth-order valence-corrected chi connectivity index (χ4v) is 2.78. The van der Waals surface area contributed by atoms with Gasteiger partial charge in [0.1, 0.15) is 0 Å². The molecule has 4 nitrogen and oxygen atoms in total. The van der Waals surface area contributed by atoms with Crippen LogP contribution < -0.4 is 5.32 Å². The normalized spacial score (nSPS) is 10.5. The molecule has 1 N–H and O–H groups in total. The molecule has 1 aromatic heterocycles. The highest BCUT2D eigenvalue weighted by Gasteiger charge is 2.11. The molecule has 0 fully saturated rings. The number of carbonyl (C=O) groups excluding carboxylic acids is 1. The zero-order valence-corrected chi connectivity index (χ0v) is 14.3. The molecular formula is C17H21N3OS. The summed E-state index contributed by atoms with van der Waals surface area (Å²) in [6.45, 7) is 5.94. The summed E-state index contributed by atoms with van der Waals surface area (Å²) in [4.78, 5) is 21.0. The van der Waals surface area contributed by atoms with Crippen molar-refractivity contribution in [2.75, 3.05) is 11.6 Å². The lowest BCUT2D eigenvalue weighted by atomic mass is 10.1. The second-order valence-corrected chi connectivity index (χ2v) is 6.00. The van der Waals surface area contributed by atoms with Crippen molar-refractivity contribution in [3.05, 3.63) is 46.8 Å². The average molecular weight is 315 g/mol. The molecule has 1 aromatic carbocycles. The summed E-state index contributed by atoms with van der Waals surface area (Å²) in [5.41, 5.74) is 4.92. The summed E-state index contributed by atoms with van der Waals surface area (Å²) in [6, 6.07) is 7.78. The van der Waals surface area contributed by atoms with E-state index in [0.717, 1.165) is 33.4 Å². The van der Waals surface area contributed by atoms with E-state index < -0.39 is 0 Å². The lowest BCUT2D eigenvalue weighted by Crippen LogP contribution is -2.14. The van der Waals surface area contributed by atoms with Crippen molar-refractivity contribution in [3.8, 4) is 0 Å². The van der Waals surface area contributed by atoms with Crippen molar-refractivity contribution in [2.24, 2.45) is 0 Å². The molecule has 0 aliphatic heterocycles. The lowest BCUT2D eigenvalue weighted by Gasteiger charge is -2.11. The average Bonchev–Trinajstić information content (AvgIpc) is 2.48. The van der Waals surface area contributed by atoms with Gasteiger partial charge in [-0.3, -0.25) is 4.79 Å². The number of aryl methyl sites for hydroxylation is 3. The van der Waals surface area contributed by atoms with E-state index in [1.807, 2.05) is 51.3 Å². The van der Waals surface area contributed by atoms with E-state index in [0.29, 0.717) is 12.8 Å². The number of rotatable bonds is 5. The number of amides is 1. The highest BCUT2D eigenvalue weighted by molar-refractivity contribution is 7.98. The van der Waals surface area contributed by atoms with Gasteiger partial charge in [0, 0.05) is 23.5 Å². The molecule has 0 radical (unpaired) electrons. The van der Waals surface area contributed by atoms with Gasteiger partial charge in [-0.15, -0.1) is 0 Å². The molecular weight excluding hydrogens is 294 g/mol. The number of benzene rings is 1. The SMILES string of the molecule is CSc1nc(C)c(CCC(=O)Nc2ccccc2C)c(C)n1. The van der Waals surface area contributed by atoms with Gasteiger partial charge in [-0.25, -0.2) is 9.97 Å². The molecule has 0 aliphatic carbocycles. The van der Waals surface area contributed by atoms with Crippen LogP contribution in [0.15, 0.2) is 29.4 Å². The number of para-hydroxylation sites is 1. The second-order valence-electron chi connectivity index (χ2n) is 5.22. The monoisotopic (exact) mass is 315 g/mol. The molecule has 1 amide bonds. The van der Waals surface area contributed by atoms with E-state index in [-0.39, 0.29) is 5.91 Å². The molecule has 0 spiro atoms. The summed E-state index contributed by atoms with van der Waals surface area (Å²) in [6.07, 6.45) is 3.05. The predicted molar refractivity (Wildman–Crippen MR) is 91.4 cm³/mol. The van der Waals surface area contributed by atoms with Gasteiger partial charge in [0.2, 0.25) is 5.91 Å². The number of nitrogens with zero attached hydrogens (tertiary/aromatic N) is 2. The number of carbonyl (C=O) groups is 1. The molecule has 2 aromatic rings. The number of hydrogen-bond acceptors (Lipinski definition) is 4. The molecule has 0 atom stereocenters. The van der Waals surface area contributed by atoms with Gasteiger partial charge in [-0.1, -0.05) is 30.0 Å². The van der Waals surface area contributed by atoms with Crippen molar-refractivity contribution in [2.45, 2.75) is 38.8 Å². The summed E-state index contributed by atoms with van der Waals surface area (Å²) >= 11 is 1.53. The van der Waals surface area contributed by atoms with Crippen LogP contribution in [0.3, 0.4) is 0 Å². The van der Waals surface area contributed by atoms with Gasteiger partial charge in [0.25, 0.3) is 0 Å². The molecule has 22 heavy (non-hydrogen) atoms. The number of thioether (sulfide) groups is 1. The van der Waals surface area contributed by atoms with Gasteiger partial charge in [0.15, 0.2) is 5.16 Å². The Balaban J connectivity index is 2.01. The van der Waals surface area contributed by atoms with Crippen molar-refractivity contribution >= 4 is 23.4 Å². The first kappa shape index (κ1) is 16.5. The minimum absolute atomic E-state index is 0.0158. The maximum atomic E-state index is 12.1. The Labute approximate surface area is 135 Å². The predicted octanol–water partition coefficient (Wildman–Crippen LogP) is 3.70. The van der Waals surface area contributed by atoms with Crippen LogP contribution in [0.25, 0.3) is 0 Å². The van der Waals surface area contributed by atoms with Gasteiger partial charge >= 0.3 is 0 Å². The van der Waals surface area contributed by atoms with Crippen LogP contribution in [-0.4, -0.2) is 22.1 Å². The van der Waals surface area contributed by atoms with E-state index in [9.17, 15) is 4.79 Å². The fourth-order valence-electron chi connectivity index (χ4n) is 2.33. The standard InChI is InChI=1S/C17H21N3OS/c1-11-7-5-6-8-15(11)20-16(21)10-9-14-12(2)18-17(22-4)19-13(14)3/h5-8H,9-10H2,1-4H3,(H,20,21). The number of aromatic nitrogens is 2. The lowest BCUT2D eigenvalue weighted by molar-refractivity contribution is -0.116. The molecule has 0 bridgehead atoms. The molecule has 1 heterocycles. The fraction of sp³-hybridized carbons (Fsp3) is 0.353. The van der Waals surface area contributed by atoms with E-state index in [4.69, 9.17) is 0 Å². The maximum Gasteiger partial charge on any atom is 0.224 e. The van der Waals surface area contributed by atoms with Crippen molar-refractivity contribution in [1.29, 1.82) is 0 Å². The van der Waals surface area contributed by atoms with Crippen molar-refractivity contribution in [1.82, 2.24) is 9.97 Å². The Morgan fingerprint density at radius 1 is 1.14 bits per heavy atom. The summed E-state index contributed by atoms with van der Waals surface area (Å²) in [7, 11) is 0. The van der Waals surface area contributed by atoms with Gasteiger partial charge in [0.05, 0.1) is 0 Å². The molecule has 0 saturated heterocycles. The van der Waals surface area contributed by atoms with E-state index in [1.54, 1.807) is 0 Å². The molecule has 5 heteroatoms. The molecule has 0 saturated carbocycles. The number of hydrogen-bond donors (Lipinski definition) is 1. The highest BCUT2D eigenvalue weighted by Crippen LogP contribution is 2.18. The van der Waals surface area contributed by atoms with E-state index in [1.165, 1.54) is 11.8 Å². The molecule has 116 valence electrons. The zero-order valence-electron chi connectivity index (χ0n) is 13.4. The maximum absolute atomic E-state index is 12.1. The molecule has 0 unspecified atom stereocenters. The Bertz CT molecular complexity index is 662. The summed E-state index contributed by atoms with van der Waals surface area (Å²) in [5, 5.41) is 3.74. The Hall–Kier alpha value is -1.88. The number of anilines is 1. The Kier molecular flexibility index (Phi) is 5.55. The van der Waals surface area contributed by atoms with Crippen LogP contribution in [0.4, 0.5) is 5.69 Å². The van der Waals surface area contributed by atoms with Crippen LogP contribution in [0.2, 0.25) is 0 Å². The van der Waals surface area contributed by atoms with Crippen LogP contribution >= 0.6 is 11.8 Å². The van der Waals surface area contributed by atoms with Gasteiger partial charge in [-0.2, -0.15) is 0 Å². The van der Waals surface area contributed by atoms with E-state index in [2.05, 4.69) is 15.3 Å². The second kappa shape index (κ2) is 7.40. The zero-order chi connectivity index (χ0) is 16.1. The Morgan fingerprint density at radius 3 is 2.36 bits per heavy atom. The van der Waals surface area contributed by atoms with Crippen LogP contribution in [0.1, 0.15) is 28.9 Å². The molecule has 2 rings (SSSR count). The number of nitrogens with one attached hydrogen (secondary N) is 1. The first-order valence-corrected chi connectivity index (χ1v) is 8.47. The summed E-state index contributed by atoms with van der Waals surface area (Å²) < 4.78 is 0.